The standard InChI is InChI=1S/C10H20N4/c1-4-5-6-7-11-9(2)10-13-12-8-14(10)3/h8-9,11H,4-7H2,1-3H3. The fourth-order valence-electron chi connectivity index (χ4n) is 1.47. The Balaban J connectivity index is 2.28. The SMILES string of the molecule is CCCCCNC(C)c1nncn1C. The van der Waals surface area contributed by atoms with Crippen molar-refractivity contribution in [3.63, 3.8) is 0 Å². The lowest BCUT2D eigenvalue weighted by molar-refractivity contribution is 0.510. The van der Waals surface area contributed by atoms with E-state index in [-0.39, 0.29) is 0 Å². The third-order valence-electron chi connectivity index (χ3n) is 2.36. The largest absolute Gasteiger partial charge is 0.319 e. The Hall–Kier alpha value is -0.900. The molecule has 4 heteroatoms. The van der Waals surface area contributed by atoms with Crippen molar-refractivity contribution >= 4 is 0 Å². The van der Waals surface area contributed by atoms with Crippen LogP contribution in [0.2, 0.25) is 0 Å². The first-order chi connectivity index (χ1) is 6.75. The van der Waals surface area contributed by atoms with E-state index in [0.717, 1.165) is 12.4 Å². The van der Waals surface area contributed by atoms with Crippen LogP contribution in [0.3, 0.4) is 0 Å². The van der Waals surface area contributed by atoms with Crippen LogP contribution >= 0.6 is 0 Å². The van der Waals surface area contributed by atoms with Crippen molar-refractivity contribution in [1.82, 2.24) is 20.1 Å². The highest BCUT2D eigenvalue weighted by Crippen LogP contribution is 2.06. The molecule has 80 valence electrons. The number of hydrogen-bond acceptors (Lipinski definition) is 3. The molecule has 4 nitrogen and oxygen atoms in total. The molecular weight excluding hydrogens is 176 g/mol. The number of nitrogens with one attached hydrogen (secondary N) is 1. The zero-order valence-corrected chi connectivity index (χ0v) is 9.32. The van der Waals surface area contributed by atoms with Gasteiger partial charge in [0.05, 0.1) is 6.04 Å². The van der Waals surface area contributed by atoms with E-state index in [2.05, 4.69) is 29.4 Å². The van der Waals surface area contributed by atoms with E-state index in [1.54, 1.807) is 6.33 Å². The first kappa shape index (κ1) is 11.2. The maximum atomic E-state index is 4.07. The zero-order chi connectivity index (χ0) is 10.4. The molecule has 1 atom stereocenters. The predicted molar refractivity (Wildman–Crippen MR) is 56.9 cm³/mol. The molecule has 14 heavy (non-hydrogen) atoms. The third-order valence-corrected chi connectivity index (χ3v) is 2.36. The average Bonchev–Trinajstić information content (AvgIpc) is 2.59. The van der Waals surface area contributed by atoms with E-state index in [1.165, 1.54) is 19.3 Å². The van der Waals surface area contributed by atoms with E-state index in [1.807, 2.05) is 11.6 Å². The Morgan fingerprint density at radius 1 is 1.50 bits per heavy atom. The molecular formula is C10H20N4. The van der Waals surface area contributed by atoms with E-state index in [9.17, 15) is 0 Å². The summed E-state index contributed by atoms with van der Waals surface area (Å²) in [6.07, 6.45) is 5.52. The molecule has 1 N–H and O–H groups in total. The van der Waals surface area contributed by atoms with E-state index < -0.39 is 0 Å². The van der Waals surface area contributed by atoms with Crippen LogP contribution in [-0.2, 0) is 7.05 Å². The minimum Gasteiger partial charge on any atom is -0.319 e. The normalized spacial score (nSPS) is 13.1. The molecule has 0 saturated carbocycles. The number of hydrogen-bond donors (Lipinski definition) is 1. The first-order valence-corrected chi connectivity index (χ1v) is 5.33. The topological polar surface area (TPSA) is 42.7 Å². The summed E-state index contributed by atoms with van der Waals surface area (Å²) in [6, 6.07) is 0.291. The van der Waals surface area contributed by atoms with Gasteiger partial charge in [0.2, 0.25) is 0 Å². The summed E-state index contributed by atoms with van der Waals surface area (Å²) in [6.45, 7) is 5.39. The number of aromatic nitrogens is 3. The molecule has 1 heterocycles. The van der Waals surface area contributed by atoms with Crippen molar-refractivity contribution in [1.29, 1.82) is 0 Å². The van der Waals surface area contributed by atoms with Crippen LogP contribution in [0.1, 0.15) is 45.0 Å². The maximum absolute atomic E-state index is 4.07. The lowest BCUT2D eigenvalue weighted by Gasteiger charge is -2.12. The van der Waals surface area contributed by atoms with E-state index in [4.69, 9.17) is 0 Å². The Bertz CT molecular complexity index is 256. The molecule has 0 saturated heterocycles. The van der Waals surface area contributed by atoms with Gasteiger partial charge in [-0.3, -0.25) is 0 Å². The van der Waals surface area contributed by atoms with Gasteiger partial charge in [-0.25, -0.2) is 0 Å². The highest BCUT2D eigenvalue weighted by molar-refractivity contribution is 4.91. The van der Waals surface area contributed by atoms with Gasteiger partial charge in [-0.1, -0.05) is 19.8 Å². The van der Waals surface area contributed by atoms with Gasteiger partial charge in [0, 0.05) is 7.05 Å². The highest BCUT2D eigenvalue weighted by atomic mass is 15.3. The van der Waals surface area contributed by atoms with Gasteiger partial charge in [-0.15, -0.1) is 10.2 Å². The summed E-state index contributed by atoms with van der Waals surface area (Å²) in [5.41, 5.74) is 0. The monoisotopic (exact) mass is 196 g/mol. The van der Waals surface area contributed by atoms with Crippen LogP contribution < -0.4 is 5.32 Å². The summed E-state index contributed by atoms with van der Waals surface area (Å²) in [4.78, 5) is 0. The van der Waals surface area contributed by atoms with Crippen LogP contribution in [-0.4, -0.2) is 21.3 Å². The fourth-order valence-corrected chi connectivity index (χ4v) is 1.47. The predicted octanol–water partition coefficient (Wildman–Crippen LogP) is 1.66. The molecule has 1 unspecified atom stereocenters. The Morgan fingerprint density at radius 3 is 2.86 bits per heavy atom. The minimum absolute atomic E-state index is 0.291. The molecule has 1 aromatic heterocycles. The van der Waals surface area contributed by atoms with Crippen LogP contribution in [0.25, 0.3) is 0 Å². The maximum Gasteiger partial charge on any atom is 0.149 e. The Labute approximate surface area is 85.7 Å². The fraction of sp³-hybridized carbons (Fsp3) is 0.800. The van der Waals surface area contributed by atoms with E-state index >= 15 is 0 Å². The van der Waals surface area contributed by atoms with E-state index in [0.29, 0.717) is 6.04 Å². The lowest BCUT2D eigenvalue weighted by Crippen LogP contribution is -2.22. The van der Waals surface area contributed by atoms with Gasteiger partial charge < -0.3 is 9.88 Å². The van der Waals surface area contributed by atoms with Crippen molar-refractivity contribution in [2.45, 2.75) is 39.2 Å². The smallest absolute Gasteiger partial charge is 0.149 e. The molecule has 0 aromatic carbocycles. The Kier molecular flexibility index (Phi) is 4.59. The second-order valence-corrected chi connectivity index (χ2v) is 3.68. The van der Waals surface area contributed by atoms with Gasteiger partial charge in [0.15, 0.2) is 0 Å². The van der Waals surface area contributed by atoms with Crippen molar-refractivity contribution in [3.05, 3.63) is 12.2 Å². The van der Waals surface area contributed by atoms with Crippen LogP contribution in [0.5, 0.6) is 0 Å². The molecule has 0 amide bonds. The number of nitrogens with zero attached hydrogens (tertiary/aromatic N) is 3. The number of aryl methyl sites for hydroxylation is 1. The van der Waals surface area contributed by atoms with Crippen molar-refractivity contribution in [3.8, 4) is 0 Å². The van der Waals surface area contributed by atoms with Crippen LogP contribution in [0, 0.1) is 0 Å². The quantitative estimate of drug-likeness (QED) is 0.704. The summed E-state index contributed by atoms with van der Waals surface area (Å²) in [5, 5.41) is 11.4. The first-order valence-electron chi connectivity index (χ1n) is 5.33. The molecule has 1 aromatic rings. The molecule has 0 aliphatic heterocycles. The summed E-state index contributed by atoms with van der Waals surface area (Å²) in [5.74, 6) is 1.00. The molecule has 0 fully saturated rings. The summed E-state index contributed by atoms with van der Waals surface area (Å²) >= 11 is 0. The van der Waals surface area contributed by atoms with Crippen LogP contribution in [0.15, 0.2) is 6.33 Å². The number of rotatable bonds is 6. The molecule has 0 aliphatic rings. The molecule has 0 bridgehead atoms. The summed E-state index contributed by atoms with van der Waals surface area (Å²) < 4.78 is 1.96. The van der Waals surface area contributed by atoms with Crippen molar-refractivity contribution in [2.75, 3.05) is 6.54 Å². The highest BCUT2D eigenvalue weighted by Gasteiger charge is 2.09. The second-order valence-electron chi connectivity index (χ2n) is 3.68. The third kappa shape index (κ3) is 3.10. The van der Waals surface area contributed by atoms with Gasteiger partial charge in [0.1, 0.15) is 12.2 Å². The molecule has 0 radical (unpaired) electrons. The number of unbranched alkanes of at least 4 members (excludes halogenated alkanes) is 2. The van der Waals surface area contributed by atoms with Crippen LogP contribution in [0.4, 0.5) is 0 Å². The second kappa shape index (κ2) is 5.75. The average molecular weight is 196 g/mol. The molecule has 0 aliphatic carbocycles. The van der Waals surface area contributed by atoms with Gasteiger partial charge >= 0.3 is 0 Å². The minimum atomic E-state index is 0.291. The molecule has 1 rings (SSSR count). The molecule has 0 spiro atoms. The van der Waals surface area contributed by atoms with Crippen molar-refractivity contribution in [2.24, 2.45) is 7.05 Å². The zero-order valence-electron chi connectivity index (χ0n) is 9.32. The lowest BCUT2D eigenvalue weighted by atomic mass is 10.2. The van der Waals surface area contributed by atoms with Gasteiger partial charge in [0.25, 0.3) is 0 Å². The Morgan fingerprint density at radius 2 is 2.29 bits per heavy atom. The van der Waals surface area contributed by atoms with Gasteiger partial charge in [-0.2, -0.15) is 0 Å². The van der Waals surface area contributed by atoms with Gasteiger partial charge in [-0.05, 0) is 19.9 Å². The van der Waals surface area contributed by atoms with Crippen molar-refractivity contribution < 1.29 is 0 Å². The summed E-state index contributed by atoms with van der Waals surface area (Å²) in [7, 11) is 1.97.